The largest absolute Gasteiger partial charge is 0.497 e. The van der Waals surface area contributed by atoms with Crippen LogP contribution in [0.5, 0.6) is 5.75 Å². The molecule has 0 saturated heterocycles. The summed E-state index contributed by atoms with van der Waals surface area (Å²) >= 11 is 0. The summed E-state index contributed by atoms with van der Waals surface area (Å²) in [7, 11) is 1.66. The van der Waals surface area contributed by atoms with Gasteiger partial charge in [-0.05, 0) is 37.0 Å². The molecule has 0 heterocycles. The van der Waals surface area contributed by atoms with Gasteiger partial charge in [0, 0.05) is 12.5 Å². The number of ether oxygens (including phenoxy) is 1. The van der Waals surface area contributed by atoms with E-state index in [2.05, 4.69) is 5.32 Å². The van der Waals surface area contributed by atoms with Gasteiger partial charge in [-0.1, -0.05) is 12.1 Å². The molecule has 1 aliphatic rings. The van der Waals surface area contributed by atoms with Crippen molar-refractivity contribution in [3.8, 4) is 5.75 Å². The molecule has 1 aromatic carbocycles. The third-order valence-electron chi connectivity index (χ3n) is 2.80. The number of benzene rings is 1. The topological polar surface area (TPSA) is 38.3 Å². The number of hydrogen-bond acceptors (Lipinski definition) is 2. The van der Waals surface area contributed by atoms with Crippen molar-refractivity contribution in [1.29, 1.82) is 0 Å². The molecule has 86 valence electrons. The molecular weight excluding hydrogens is 202 g/mol. The van der Waals surface area contributed by atoms with Gasteiger partial charge in [0.2, 0.25) is 5.91 Å². The van der Waals surface area contributed by atoms with Crippen molar-refractivity contribution in [1.82, 2.24) is 5.32 Å². The Morgan fingerprint density at radius 1 is 1.50 bits per heavy atom. The van der Waals surface area contributed by atoms with Gasteiger partial charge in [-0.15, -0.1) is 0 Å². The Morgan fingerprint density at radius 2 is 2.31 bits per heavy atom. The van der Waals surface area contributed by atoms with E-state index in [1.165, 1.54) is 5.56 Å². The molecule has 1 N–H and O–H groups in total. The second-order valence-electron chi connectivity index (χ2n) is 4.17. The molecule has 1 fully saturated rings. The highest BCUT2D eigenvalue weighted by molar-refractivity contribution is 5.80. The molecular formula is C13H17NO2. The minimum atomic E-state index is 0.211. The fourth-order valence-electron chi connectivity index (χ4n) is 1.65. The smallest absolute Gasteiger partial charge is 0.223 e. The molecule has 1 aromatic rings. The summed E-state index contributed by atoms with van der Waals surface area (Å²) in [6, 6.07) is 7.94. The summed E-state index contributed by atoms with van der Waals surface area (Å²) in [4.78, 5) is 11.4. The Balaban J connectivity index is 1.77. The van der Waals surface area contributed by atoms with Gasteiger partial charge >= 0.3 is 0 Å². The van der Waals surface area contributed by atoms with Crippen LogP contribution in [0.15, 0.2) is 24.3 Å². The van der Waals surface area contributed by atoms with E-state index in [1.807, 2.05) is 24.3 Å². The molecule has 0 radical (unpaired) electrons. The van der Waals surface area contributed by atoms with Crippen LogP contribution in [0.25, 0.3) is 0 Å². The molecule has 0 aromatic heterocycles. The van der Waals surface area contributed by atoms with Crippen LogP contribution in [-0.2, 0) is 11.2 Å². The predicted molar refractivity (Wildman–Crippen MR) is 62.4 cm³/mol. The monoisotopic (exact) mass is 219 g/mol. The Kier molecular flexibility index (Phi) is 3.44. The SMILES string of the molecule is COc1cccc(CCNC(=O)C2CC2)c1. The number of carbonyl (C=O) groups excluding carboxylic acids is 1. The highest BCUT2D eigenvalue weighted by atomic mass is 16.5. The average molecular weight is 219 g/mol. The lowest BCUT2D eigenvalue weighted by atomic mass is 10.1. The fraction of sp³-hybridized carbons (Fsp3) is 0.462. The van der Waals surface area contributed by atoms with Crippen LogP contribution >= 0.6 is 0 Å². The molecule has 1 saturated carbocycles. The minimum Gasteiger partial charge on any atom is -0.497 e. The second-order valence-corrected chi connectivity index (χ2v) is 4.17. The zero-order valence-electron chi connectivity index (χ0n) is 9.53. The first kappa shape index (κ1) is 11.0. The van der Waals surface area contributed by atoms with Crippen LogP contribution in [0.2, 0.25) is 0 Å². The Labute approximate surface area is 95.8 Å². The maximum absolute atomic E-state index is 11.4. The van der Waals surface area contributed by atoms with Crippen LogP contribution in [0.3, 0.4) is 0 Å². The lowest BCUT2D eigenvalue weighted by molar-refractivity contribution is -0.122. The summed E-state index contributed by atoms with van der Waals surface area (Å²) in [5.74, 6) is 1.37. The van der Waals surface area contributed by atoms with Crippen LogP contribution in [0, 0.1) is 5.92 Å². The third-order valence-corrected chi connectivity index (χ3v) is 2.80. The molecule has 3 heteroatoms. The normalized spacial score (nSPS) is 14.6. The van der Waals surface area contributed by atoms with E-state index >= 15 is 0 Å². The van der Waals surface area contributed by atoms with Crippen molar-refractivity contribution in [3.05, 3.63) is 29.8 Å². The number of hydrogen-bond donors (Lipinski definition) is 1. The highest BCUT2D eigenvalue weighted by Crippen LogP contribution is 2.28. The maximum Gasteiger partial charge on any atom is 0.223 e. The van der Waals surface area contributed by atoms with Gasteiger partial charge < -0.3 is 10.1 Å². The quantitative estimate of drug-likeness (QED) is 0.819. The van der Waals surface area contributed by atoms with Gasteiger partial charge in [-0.3, -0.25) is 4.79 Å². The molecule has 16 heavy (non-hydrogen) atoms. The van der Waals surface area contributed by atoms with Crippen LogP contribution in [0.4, 0.5) is 0 Å². The lowest BCUT2D eigenvalue weighted by Crippen LogP contribution is -2.26. The number of nitrogens with one attached hydrogen (secondary N) is 1. The summed E-state index contributed by atoms with van der Waals surface area (Å²) in [5.41, 5.74) is 1.19. The Hall–Kier alpha value is -1.51. The van der Waals surface area contributed by atoms with Crippen LogP contribution in [0.1, 0.15) is 18.4 Å². The van der Waals surface area contributed by atoms with Gasteiger partial charge in [-0.25, -0.2) is 0 Å². The molecule has 2 rings (SSSR count). The predicted octanol–water partition coefficient (Wildman–Crippen LogP) is 1.76. The van der Waals surface area contributed by atoms with E-state index in [0.29, 0.717) is 12.5 Å². The van der Waals surface area contributed by atoms with Crippen molar-refractivity contribution >= 4 is 5.91 Å². The zero-order valence-corrected chi connectivity index (χ0v) is 9.53. The van der Waals surface area contributed by atoms with E-state index in [1.54, 1.807) is 7.11 Å². The number of amides is 1. The average Bonchev–Trinajstić information content (AvgIpc) is 3.13. The summed E-state index contributed by atoms with van der Waals surface area (Å²) in [6.07, 6.45) is 2.98. The van der Waals surface area contributed by atoms with Crippen LogP contribution < -0.4 is 10.1 Å². The minimum absolute atomic E-state index is 0.211. The summed E-state index contributed by atoms with van der Waals surface area (Å²) in [6.45, 7) is 0.711. The van der Waals surface area contributed by atoms with E-state index in [-0.39, 0.29) is 5.91 Å². The van der Waals surface area contributed by atoms with Gasteiger partial charge in [0.1, 0.15) is 5.75 Å². The Bertz CT molecular complexity index is 372. The van der Waals surface area contributed by atoms with E-state index in [4.69, 9.17) is 4.74 Å². The van der Waals surface area contributed by atoms with Crippen molar-refractivity contribution in [2.24, 2.45) is 5.92 Å². The van der Waals surface area contributed by atoms with Gasteiger partial charge in [-0.2, -0.15) is 0 Å². The first-order valence-electron chi connectivity index (χ1n) is 5.70. The Morgan fingerprint density at radius 3 is 3.00 bits per heavy atom. The number of rotatable bonds is 5. The van der Waals surface area contributed by atoms with Crippen LogP contribution in [-0.4, -0.2) is 19.6 Å². The molecule has 0 spiro atoms. The molecule has 0 atom stereocenters. The zero-order chi connectivity index (χ0) is 11.4. The lowest BCUT2D eigenvalue weighted by Gasteiger charge is -2.06. The first-order valence-corrected chi connectivity index (χ1v) is 5.70. The number of carbonyl (C=O) groups is 1. The van der Waals surface area contributed by atoms with E-state index in [0.717, 1.165) is 25.0 Å². The van der Waals surface area contributed by atoms with Gasteiger partial charge in [0.15, 0.2) is 0 Å². The fourth-order valence-corrected chi connectivity index (χ4v) is 1.65. The molecule has 0 unspecified atom stereocenters. The van der Waals surface area contributed by atoms with Crippen molar-refractivity contribution in [2.45, 2.75) is 19.3 Å². The second kappa shape index (κ2) is 5.01. The van der Waals surface area contributed by atoms with E-state index in [9.17, 15) is 4.79 Å². The summed E-state index contributed by atoms with van der Waals surface area (Å²) < 4.78 is 5.14. The standard InChI is InChI=1S/C13H17NO2/c1-16-12-4-2-3-10(9-12)7-8-14-13(15)11-5-6-11/h2-4,9,11H,5-8H2,1H3,(H,14,15). The van der Waals surface area contributed by atoms with Crippen molar-refractivity contribution in [2.75, 3.05) is 13.7 Å². The van der Waals surface area contributed by atoms with E-state index < -0.39 is 0 Å². The van der Waals surface area contributed by atoms with Gasteiger partial charge in [0.25, 0.3) is 0 Å². The number of methoxy groups -OCH3 is 1. The maximum atomic E-state index is 11.4. The molecule has 1 aliphatic carbocycles. The van der Waals surface area contributed by atoms with Crippen molar-refractivity contribution in [3.63, 3.8) is 0 Å². The third kappa shape index (κ3) is 2.99. The molecule has 1 amide bonds. The van der Waals surface area contributed by atoms with Gasteiger partial charge in [0.05, 0.1) is 7.11 Å². The molecule has 0 bridgehead atoms. The van der Waals surface area contributed by atoms with Crippen molar-refractivity contribution < 1.29 is 9.53 Å². The molecule has 0 aliphatic heterocycles. The summed E-state index contributed by atoms with van der Waals surface area (Å²) in [5, 5.41) is 2.95. The highest BCUT2D eigenvalue weighted by Gasteiger charge is 2.28. The molecule has 3 nitrogen and oxygen atoms in total. The first-order chi connectivity index (χ1) is 7.79.